The molecule has 0 aromatic rings. The lowest BCUT2D eigenvalue weighted by molar-refractivity contribution is -0.177. The SMILES string of the molecule is CN1CC[C@@H]2OCCN(C(=O)C3(O)CCC3)[C@@H]2C1. The molecular formula is C13H22N2O3. The molecule has 5 nitrogen and oxygen atoms in total. The van der Waals surface area contributed by atoms with Crippen LogP contribution in [0.15, 0.2) is 0 Å². The summed E-state index contributed by atoms with van der Waals surface area (Å²) in [6.45, 7) is 3.10. The van der Waals surface area contributed by atoms with E-state index in [0.717, 1.165) is 25.9 Å². The van der Waals surface area contributed by atoms with Gasteiger partial charge < -0.3 is 19.6 Å². The molecule has 2 saturated heterocycles. The lowest BCUT2D eigenvalue weighted by atomic mass is 9.78. The average molecular weight is 254 g/mol. The van der Waals surface area contributed by atoms with Crippen LogP contribution in [0.5, 0.6) is 0 Å². The molecular weight excluding hydrogens is 232 g/mol. The maximum absolute atomic E-state index is 12.5. The minimum Gasteiger partial charge on any atom is -0.380 e. The van der Waals surface area contributed by atoms with Crippen LogP contribution in [0.2, 0.25) is 0 Å². The van der Waals surface area contributed by atoms with Gasteiger partial charge in [0.25, 0.3) is 5.91 Å². The average Bonchev–Trinajstić information content (AvgIpc) is 2.34. The standard InChI is InChI=1S/C13H22N2O3/c1-14-6-3-11-10(9-14)15(7-8-18-11)12(16)13(17)4-2-5-13/h10-11,17H,2-9H2,1H3/t10-,11+/m1/s1. The van der Waals surface area contributed by atoms with Gasteiger partial charge in [-0.3, -0.25) is 4.79 Å². The third kappa shape index (κ3) is 1.94. The number of hydrogen-bond donors (Lipinski definition) is 1. The van der Waals surface area contributed by atoms with E-state index >= 15 is 0 Å². The molecule has 18 heavy (non-hydrogen) atoms. The highest BCUT2D eigenvalue weighted by Gasteiger charge is 2.48. The van der Waals surface area contributed by atoms with E-state index in [2.05, 4.69) is 11.9 Å². The fraction of sp³-hybridized carbons (Fsp3) is 0.923. The summed E-state index contributed by atoms with van der Waals surface area (Å²) in [6, 6.07) is 0.120. The molecule has 2 heterocycles. The highest BCUT2D eigenvalue weighted by Crippen LogP contribution is 2.35. The van der Waals surface area contributed by atoms with E-state index in [9.17, 15) is 9.90 Å². The molecule has 1 saturated carbocycles. The second-order valence-electron chi connectivity index (χ2n) is 5.91. The van der Waals surface area contributed by atoms with Crippen molar-refractivity contribution < 1.29 is 14.6 Å². The summed E-state index contributed by atoms with van der Waals surface area (Å²) in [4.78, 5) is 16.6. The van der Waals surface area contributed by atoms with Crippen molar-refractivity contribution in [2.75, 3.05) is 33.3 Å². The van der Waals surface area contributed by atoms with Gasteiger partial charge in [-0.2, -0.15) is 0 Å². The van der Waals surface area contributed by atoms with Gasteiger partial charge in [0.15, 0.2) is 0 Å². The molecule has 2 aliphatic heterocycles. The smallest absolute Gasteiger partial charge is 0.254 e. The molecule has 0 bridgehead atoms. The van der Waals surface area contributed by atoms with Gasteiger partial charge in [-0.25, -0.2) is 0 Å². The molecule has 1 N–H and O–H groups in total. The van der Waals surface area contributed by atoms with E-state index in [-0.39, 0.29) is 18.1 Å². The first-order valence-electron chi connectivity index (χ1n) is 6.94. The topological polar surface area (TPSA) is 53.0 Å². The third-order valence-electron chi connectivity index (χ3n) is 4.63. The first-order chi connectivity index (χ1) is 8.60. The molecule has 0 aromatic heterocycles. The zero-order valence-corrected chi connectivity index (χ0v) is 11.0. The Balaban J connectivity index is 1.75. The second kappa shape index (κ2) is 4.47. The maximum atomic E-state index is 12.5. The molecule has 3 aliphatic rings. The summed E-state index contributed by atoms with van der Waals surface area (Å²) in [6.07, 6.45) is 3.33. The van der Waals surface area contributed by atoms with Crippen LogP contribution >= 0.6 is 0 Å². The molecule has 5 heteroatoms. The van der Waals surface area contributed by atoms with E-state index in [0.29, 0.717) is 26.0 Å². The number of carbonyl (C=O) groups is 1. The zero-order chi connectivity index (χ0) is 12.8. The Morgan fingerprint density at radius 2 is 2.17 bits per heavy atom. The third-order valence-corrected chi connectivity index (χ3v) is 4.63. The number of carbonyl (C=O) groups excluding carboxylic acids is 1. The van der Waals surface area contributed by atoms with Crippen molar-refractivity contribution in [3.05, 3.63) is 0 Å². The monoisotopic (exact) mass is 254 g/mol. The van der Waals surface area contributed by atoms with Gasteiger partial charge in [-0.05, 0) is 32.7 Å². The normalized spacial score (nSPS) is 35.8. The van der Waals surface area contributed by atoms with Crippen LogP contribution in [0.4, 0.5) is 0 Å². The Kier molecular flexibility index (Phi) is 3.08. The maximum Gasteiger partial charge on any atom is 0.254 e. The summed E-state index contributed by atoms with van der Waals surface area (Å²) in [5.41, 5.74) is -1.07. The van der Waals surface area contributed by atoms with Crippen molar-refractivity contribution in [2.45, 2.75) is 43.4 Å². The minimum absolute atomic E-state index is 0.0673. The van der Waals surface area contributed by atoms with Crippen LogP contribution in [-0.2, 0) is 9.53 Å². The number of piperidine rings is 1. The Bertz CT molecular complexity index is 343. The quantitative estimate of drug-likeness (QED) is 0.706. The van der Waals surface area contributed by atoms with Crippen LogP contribution in [0, 0.1) is 0 Å². The number of likely N-dealkylation sites (tertiary alicyclic amines) is 1. The highest BCUT2D eigenvalue weighted by atomic mass is 16.5. The zero-order valence-electron chi connectivity index (χ0n) is 11.0. The molecule has 0 radical (unpaired) electrons. The van der Waals surface area contributed by atoms with Crippen LogP contribution in [-0.4, -0.2) is 71.8 Å². The van der Waals surface area contributed by atoms with E-state index < -0.39 is 5.60 Å². The fourth-order valence-corrected chi connectivity index (χ4v) is 3.28. The summed E-state index contributed by atoms with van der Waals surface area (Å²) < 4.78 is 5.77. The molecule has 3 rings (SSSR count). The van der Waals surface area contributed by atoms with Crippen LogP contribution < -0.4 is 0 Å². The molecule has 1 amide bonds. The Hall–Kier alpha value is -0.650. The summed E-state index contributed by atoms with van der Waals surface area (Å²) >= 11 is 0. The Labute approximate surface area is 108 Å². The summed E-state index contributed by atoms with van der Waals surface area (Å²) in [5, 5.41) is 10.2. The number of morpholine rings is 1. The minimum atomic E-state index is -1.07. The van der Waals surface area contributed by atoms with Gasteiger partial charge in [0.05, 0.1) is 18.8 Å². The summed E-state index contributed by atoms with van der Waals surface area (Å²) in [5.74, 6) is -0.0673. The molecule has 3 fully saturated rings. The summed E-state index contributed by atoms with van der Waals surface area (Å²) in [7, 11) is 2.07. The van der Waals surface area contributed by atoms with Crippen LogP contribution in [0.3, 0.4) is 0 Å². The van der Waals surface area contributed by atoms with Crippen molar-refractivity contribution in [1.29, 1.82) is 0 Å². The van der Waals surface area contributed by atoms with Crippen LogP contribution in [0.25, 0.3) is 0 Å². The number of likely N-dealkylation sites (N-methyl/N-ethyl adjacent to an activating group) is 1. The van der Waals surface area contributed by atoms with Crippen molar-refractivity contribution in [1.82, 2.24) is 9.80 Å². The van der Waals surface area contributed by atoms with E-state index in [1.165, 1.54) is 0 Å². The van der Waals surface area contributed by atoms with Gasteiger partial charge in [0.2, 0.25) is 0 Å². The highest BCUT2D eigenvalue weighted by molar-refractivity contribution is 5.86. The number of nitrogens with zero attached hydrogens (tertiary/aromatic N) is 2. The fourth-order valence-electron chi connectivity index (χ4n) is 3.28. The lowest BCUT2D eigenvalue weighted by Gasteiger charge is -2.49. The van der Waals surface area contributed by atoms with E-state index in [1.807, 2.05) is 4.90 Å². The van der Waals surface area contributed by atoms with Crippen molar-refractivity contribution >= 4 is 5.91 Å². The number of amides is 1. The molecule has 2 atom stereocenters. The number of fused-ring (bicyclic) bond motifs is 1. The van der Waals surface area contributed by atoms with Gasteiger partial charge in [0, 0.05) is 19.6 Å². The predicted octanol–water partition coefficient (Wildman–Crippen LogP) is -0.167. The van der Waals surface area contributed by atoms with Gasteiger partial charge >= 0.3 is 0 Å². The Morgan fingerprint density at radius 3 is 2.83 bits per heavy atom. The van der Waals surface area contributed by atoms with E-state index in [4.69, 9.17) is 4.74 Å². The number of aliphatic hydroxyl groups is 1. The van der Waals surface area contributed by atoms with Gasteiger partial charge in [0.1, 0.15) is 5.60 Å². The number of rotatable bonds is 1. The van der Waals surface area contributed by atoms with Crippen molar-refractivity contribution in [3.8, 4) is 0 Å². The number of hydrogen-bond acceptors (Lipinski definition) is 4. The van der Waals surface area contributed by atoms with Gasteiger partial charge in [-0.1, -0.05) is 0 Å². The molecule has 102 valence electrons. The molecule has 0 spiro atoms. The van der Waals surface area contributed by atoms with Gasteiger partial charge in [-0.15, -0.1) is 0 Å². The van der Waals surface area contributed by atoms with Crippen LogP contribution in [0.1, 0.15) is 25.7 Å². The van der Waals surface area contributed by atoms with Crippen molar-refractivity contribution in [2.24, 2.45) is 0 Å². The lowest BCUT2D eigenvalue weighted by Crippen LogP contribution is -2.65. The van der Waals surface area contributed by atoms with E-state index in [1.54, 1.807) is 0 Å². The van der Waals surface area contributed by atoms with Crippen molar-refractivity contribution in [3.63, 3.8) is 0 Å². The first kappa shape index (κ1) is 12.4. The molecule has 0 aromatic carbocycles. The first-order valence-corrected chi connectivity index (χ1v) is 6.94. The predicted molar refractivity (Wildman–Crippen MR) is 66.2 cm³/mol. The molecule has 0 unspecified atom stereocenters. The second-order valence-corrected chi connectivity index (χ2v) is 5.91. The molecule has 1 aliphatic carbocycles. The Morgan fingerprint density at radius 1 is 1.39 bits per heavy atom. The number of ether oxygens (including phenoxy) is 1. The largest absolute Gasteiger partial charge is 0.380 e.